The second-order valence-electron chi connectivity index (χ2n) is 5.61. The molecule has 1 aliphatic carbocycles. The van der Waals surface area contributed by atoms with Crippen molar-refractivity contribution in [3.05, 3.63) is 17.6 Å². The van der Waals surface area contributed by atoms with Crippen LogP contribution in [0.1, 0.15) is 51.1 Å². The number of hydrogen-bond donors (Lipinski definition) is 1. The quantitative estimate of drug-likeness (QED) is 0.761. The Kier molecular flexibility index (Phi) is 5.46. The van der Waals surface area contributed by atoms with Crippen LogP contribution in [-0.4, -0.2) is 31.9 Å². The van der Waals surface area contributed by atoms with E-state index in [1.165, 1.54) is 0 Å². The molecule has 0 amide bonds. The Morgan fingerprint density at radius 2 is 2.10 bits per heavy atom. The predicted octanol–water partition coefficient (Wildman–Crippen LogP) is 2.65. The van der Waals surface area contributed by atoms with Gasteiger partial charge in [0.05, 0.1) is 6.54 Å². The first-order valence-electron chi connectivity index (χ1n) is 7.82. The zero-order valence-electron chi connectivity index (χ0n) is 13.2. The lowest BCUT2D eigenvalue weighted by molar-refractivity contribution is 0.393. The zero-order chi connectivity index (χ0) is 15.5. The summed E-state index contributed by atoms with van der Waals surface area (Å²) in [7, 11) is -3.43. The number of rotatable bonds is 9. The van der Waals surface area contributed by atoms with Crippen LogP contribution in [0.3, 0.4) is 0 Å². The summed E-state index contributed by atoms with van der Waals surface area (Å²) in [5.41, 5.74) is 0. The van der Waals surface area contributed by atoms with Gasteiger partial charge in [-0.05, 0) is 32.7 Å². The third-order valence-electron chi connectivity index (χ3n) is 3.75. The van der Waals surface area contributed by atoms with Crippen molar-refractivity contribution in [2.45, 2.75) is 63.9 Å². The topological polar surface area (TPSA) is 62.6 Å². The summed E-state index contributed by atoms with van der Waals surface area (Å²) in [6.45, 7) is 7.81. The van der Waals surface area contributed by atoms with Crippen molar-refractivity contribution in [1.29, 1.82) is 0 Å². The summed E-state index contributed by atoms with van der Waals surface area (Å²) in [4.78, 5) is 0.332. The molecule has 0 saturated heterocycles. The highest BCUT2D eigenvalue weighted by molar-refractivity contribution is 7.89. The van der Waals surface area contributed by atoms with Crippen molar-refractivity contribution in [1.82, 2.24) is 9.62 Å². The highest BCUT2D eigenvalue weighted by Gasteiger charge is 2.39. The number of nitrogens with one attached hydrogen (secondary N) is 1. The van der Waals surface area contributed by atoms with Crippen LogP contribution in [0.25, 0.3) is 0 Å². The summed E-state index contributed by atoms with van der Waals surface area (Å²) < 4.78 is 33.0. The van der Waals surface area contributed by atoms with Crippen molar-refractivity contribution in [3.63, 3.8) is 0 Å². The first kappa shape index (κ1) is 16.5. The van der Waals surface area contributed by atoms with E-state index in [0.29, 0.717) is 29.5 Å². The molecule has 0 bridgehead atoms. The number of sulfonamides is 1. The lowest BCUT2D eigenvalue weighted by Crippen LogP contribution is -2.34. The molecule has 0 atom stereocenters. The number of unbranched alkanes of at least 4 members (excludes halogenated alkanes) is 1. The number of hydrogen-bond acceptors (Lipinski definition) is 4. The molecule has 6 heteroatoms. The molecule has 120 valence electrons. The molecule has 2 rings (SSSR count). The van der Waals surface area contributed by atoms with Gasteiger partial charge in [-0.1, -0.05) is 20.3 Å². The van der Waals surface area contributed by atoms with Gasteiger partial charge in [-0.2, -0.15) is 4.31 Å². The Bertz CT molecular complexity index is 561. The summed E-state index contributed by atoms with van der Waals surface area (Å²) >= 11 is 0. The van der Waals surface area contributed by atoms with Crippen LogP contribution in [0.5, 0.6) is 0 Å². The van der Waals surface area contributed by atoms with E-state index in [1.807, 2.05) is 6.92 Å². The van der Waals surface area contributed by atoms with Gasteiger partial charge in [0.2, 0.25) is 10.0 Å². The van der Waals surface area contributed by atoms with Gasteiger partial charge in [0.15, 0.2) is 0 Å². The fourth-order valence-corrected chi connectivity index (χ4v) is 4.33. The van der Waals surface area contributed by atoms with Crippen molar-refractivity contribution in [3.8, 4) is 0 Å². The fraction of sp³-hybridized carbons (Fsp3) is 0.733. The predicted molar refractivity (Wildman–Crippen MR) is 82.6 cm³/mol. The molecule has 0 aromatic carbocycles. The molecule has 0 aliphatic heterocycles. The lowest BCUT2D eigenvalue weighted by atomic mass is 10.3. The molecular formula is C15H26N2O3S. The van der Waals surface area contributed by atoms with Gasteiger partial charge in [-0.25, -0.2) is 8.42 Å². The summed E-state index contributed by atoms with van der Waals surface area (Å²) in [6.07, 6.45) is 3.85. The van der Waals surface area contributed by atoms with Gasteiger partial charge in [-0.3, -0.25) is 0 Å². The van der Waals surface area contributed by atoms with Crippen LogP contribution in [0.4, 0.5) is 0 Å². The van der Waals surface area contributed by atoms with Gasteiger partial charge in [0.1, 0.15) is 16.4 Å². The van der Waals surface area contributed by atoms with Gasteiger partial charge in [0, 0.05) is 18.7 Å². The van der Waals surface area contributed by atoms with Gasteiger partial charge < -0.3 is 9.73 Å². The third kappa shape index (κ3) is 3.87. The standard InChI is InChI=1S/C15H26N2O3S/c1-4-6-9-17(13-7-8-13)21(18,19)15-10-14(11-16-5-2)20-12(15)3/h10,13,16H,4-9,11H2,1-3H3. The average molecular weight is 314 g/mol. The molecule has 1 N–H and O–H groups in total. The summed E-state index contributed by atoms with van der Waals surface area (Å²) in [5.74, 6) is 1.17. The van der Waals surface area contributed by atoms with E-state index in [2.05, 4.69) is 12.2 Å². The van der Waals surface area contributed by atoms with Crippen molar-refractivity contribution in [2.75, 3.05) is 13.1 Å². The molecule has 1 fully saturated rings. The molecule has 1 aliphatic rings. The Morgan fingerprint density at radius 1 is 1.38 bits per heavy atom. The maximum absolute atomic E-state index is 12.9. The number of aryl methyl sites for hydroxylation is 1. The fourth-order valence-electron chi connectivity index (χ4n) is 2.42. The molecule has 1 aromatic heterocycles. The minimum absolute atomic E-state index is 0.188. The Hall–Kier alpha value is -0.850. The molecule has 1 aromatic rings. The molecule has 5 nitrogen and oxygen atoms in total. The molecule has 0 unspecified atom stereocenters. The van der Waals surface area contributed by atoms with Crippen LogP contribution >= 0.6 is 0 Å². The highest BCUT2D eigenvalue weighted by Crippen LogP contribution is 2.34. The van der Waals surface area contributed by atoms with E-state index >= 15 is 0 Å². The Labute approximate surface area is 127 Å². The minimum Gasteiger partial charge on any atom is -0.464 e. The molecule has 0 radical (unpaired) electrons. The first-order chi connectivity index (χ1) is 10.0. The van der Waals surface area contributed by atoms with E-state index in [1.54, 1.807) is 17.3 Å². The van der Waals surface area contributed by atoms with Crippen molar-refractivity contribution >= 4 is 10.0 Å². The molecule has 0 spiro atoms. The SMILES string of the molecule is CCCCN(C1CC1)S(=O)(=O)c1cc(CNCC)oc1C. The van der Waals surface area contributed by atoms with Crippen LogP contribution < -0.4 is 5.32 Å². The van der Waals surface area contributed by atoms with Crippen molar-refractivity contribution < 1.29 is 12.8 Å². The zero-order valence-corrected chi connectivity index (χ0v) is 14.0. The normalized spacial score (nSPS) is 15.8. The van der Waals surface area contributed by atoms with E-state index in [0.717, 1.165) is 32.2 Å². The van der Waals surface area contributed by atoms with Crippen LogP contribution in [0.2, 0.25) is 0 Å². The second-order valence-corrected chi connectivity index (χ2v) is 7.47. The van der Waals surface area contributed by atoms with Gasteiger partial charge in [-0.15, -0.1) is 0 Å². The van der Waals surface area contributed by atoms with E-state index in [-0.39, 0.29) is 6.04 Å². The maximum atomic E-state index is 12.9. The monoisotopic (exact) mass is 314 g/mol. The number of furan rings is 1. The smallest absolute Gasteiger partial charge is 0.246 e. The van der Waals surface area contributed by atoms with E-state index in [9.17, 15) is 8.42 Å². The Balaban J connectivity index is 2.22. The summed E-state index contributed by atoms with van der Waals surface area (Å²) in [5, 5.41) is 3.15. The lowest BCUT2D eigenvalue weighted by Gasteiger charge is -2.21. The molecule has 1 saturated carbocycles. The second kappa shape index (κ2) is 6.94. The largest absolute Gasteiger partial charge is 0.464 e. The van der Waals surface area contributed by atoms with E-state index in [4.69, 9.17) is 4.42 Å². The molecule has 21 heavy (non-hydrogen) atoms. The maximum Gasteiger partial charge on any atom is 0.246 e. The summed E-state index contributed by atoms with van der Waals surface area (Å²) in [6, 6.07) is 1.86. The molecular weight excluding hydrogens is 288 g/mol. The van der Waals surface area contributed by atoms with Crippen molar-refractivity contribution in [2.24, 2.45) is 0 Å². The van der Waals surface area contributed by atoms with E-state index < -0.39 is 10.0 Å². The van der Waals surface area contributed by atoms with Crippen LogP contribution in [0, 0.1) is 6.92 Å². The van der Waals surface area contributed by atoms with Gasteiger partial charge in [0.25, 0.3) is 0 Å². The Morgan fingerprint density at radius 3 is 2.67 bits per heavy atom. The third-order valence-corrected chi connectivity index (χ3v) is 5.80. The highest BCUT2D eigenvalue weighted by atomic mass is 32.2. The van der Waals surface area contributed by atoms with Crippen LogP contribution in [-0.2, 0) is 16.6 Å². The first-order valence-corrected chi connectivity index (χ1v) is 9.26. The minimum atomic E-state index is -3.43. The number of nitrogens with zero attached hydrogens (tertiary/aromatic N) is 1. The average Bonchev–Trinajstić information content (AvgIpc) is 3.19. The molecule has 1 heterocycles. The van der Waals surface area contributed by atoms with Crippen LogP contribution in [0.15, 0.2) is 15.4 Å². The van der Waals surface area contributed by atoms with Gasteiger partial charge >= 0.3 is 0 Å².